The quantitative estimate of drug-likeness (QED) is 0.600. The SMILES string of the molecule is CS(=O)(=O)N1CC2(CCN(C(=O)Nc3cnccn3)CC2)c2cc(-c3nncs3)c(F)cc21. The zero-order chi connectivity index (χ0) is 23.2. The fraction of sp³-hybridized carbons (Fsp3) is 0.350. The third kappa shape index (κ3) is 3.91. The lowest BCUT2D eigenvalue weighted by atomic mass is 9.74. The molecule has 1 spiro atoms. The molecular weight excluding hydrogens is 469 g/mol. The fourth-order valence-corrected chi connectivity index (χ4v) is 6.07. The van der Waals surface area contributed by atoms with E-state index in [0.717, 1.165) is 11.8 Å². The lowest BCUT2D eigenvalue weighted by molar-refractivity contribution is 0.173. The van der Waals surface area contributed by atoms with Crippen molar-refractivity contribution in [1.82, 2.24) is 25.1 Å². The molecule has 1 saturated heterocycles. The maximum Gasteiger partial charge on any atom is 0.323 e. The monoisotopic (exact) mass is 489 g/mol. The van der Waals surface area contributed by atoms with Gasteiger partial charge in [0.05, 0.1) is 18.1 Å². The highest BCUT2D eigenvalue weighted by Gasteiger charge is 2.48. The smallest absolute Gasteiger partial charge is 0.323 e. The van der Waals surface area contributed by atoms with Crippen LogP contribution < -0.4 is 9.62 Å². The van der Waals surface area contributed by atoms with Crippen LogP contribution in [0.1, 0.15) is 18.4 Å². The number of piperidine rings is 1. The van der Waals surface area contributed by atoms with Crippen LogP contribution in [0.15, 0.2) is 36.2 Å². The van der Waals surface area contributed by atoms with E-state index >= 15 is 0 Å². The third-order valence-corrected chi connectivity index (χ3v) is 8.02. The van der Waals surface area contributed by atoms with Crippen LogP contribution >= 0.6 is 11.3 Å². The summed E-state index contributed by atoms with van der Waals surface area (Å²) in [7, 11) is -3.61. The molecule has 0 saturated carbocycles. The van der Waals surface area contributed by atoms with Gasteiger partial charge in [0, 0.05) is 43.0 Å². The second-order valence-electron chi connectivity index (χ2n) is 8.15. The summed E-state index contributed by atoms with van der Waals surface area (Å²) in [5.41, 5.74) is 2.40. The van der Waals surface area contributed by atoms with Gasteiger partial charge >= 0.3 is 6.03 Å². The van der Waals surface area contributed by atoms with Crippen LogP contribution in [-0.4, -0.2) is 65.4 Å². The average molecular weight is 490 g/mol. The van der Waals surface area contributed by atoms with Gasteiger partial charge in [0.1, 0.15) is 11.3 Å². The molecule has 0 atom stereocenters. The van der Waals surface area contributed by atoms with E-state index < -0.39 is 21.3 Å². The molecule has 0 aliphatic carbocycles. The molecule has 2 amide bonds. The number of nitrogens with one attached hydrogen (secondary N) is 1. The third-order valence-electron chi connectivity index (χ3n) is 6.17. The number of hydrogen-bond acceptors (Lipinski definition) is 8. The minimum absolute atomic E-state index is 0.208. The highest BCUT2D eigenvalue weighted by atomic mass is 32.2. The number of sulfonamides is 1. The first-order valence-electron chi connectivity index (χ1n) is 10.2. The Hall–Kier alpha value is -3.19. The summed E-state index contributed by atoms with van der Waals surface area (Å²) in [5, 5.41) is 10.9. The number of amides is 2. The summed E-state index contributed by atoms with van der Waals surface area (Å²) in [4.78, 5) is 22.3. The fourth-order valence-electron chi connectivity index (χ4n) is 4.51. The van der Waals surface area contributed by atoms with Crippen molar-refractivity contribution >= 4 is 38.9 Å². The number of aromatic nitrogens is 4. The Bertz CT molecular complexity index is 1290. The molecule has 4 heterocycles. The van der Waals surface area contributed by atoms with Crippen molar-refractivity contribution in [1.29, 1.82) is 0 Å². The average Bonchev–Trinajstić information content (AvgIpc) is 3.41. The van der Waals surface area contributed by atoms with Crippen molar-refractivity contribution in [2.75, 3.05) is 35.5 Å². The lowest BCUT2D eigenvalue weighted by Crippen LogP contribution is -2.48. The first-order valence-corrected chi connectivity index (χ1v) is 12.9. The summed E-state index contributed by atoms with van der Waals surface area (Å²) in [6.45, 7) is 1.03. The van der Waals surface area contributed by atoms with E-state index in [2.05, 4.69) is 25.5 Å². The Morgan fingerprint density at radius 1 is 1.24 bits per heavy atom. The highest BCUT2D eigenvalue weighted by molar-refractivity contribution is 7.92. The van der Waals surface area contributed by atoms with Crippen molar-refractivity contribution < 1.29 is 17.6 Å². The van der Waals surface area contributed by atoms with E-state index in [1.807, 2.05) is 0 Å². The summed E-state index contributed by atoms with van der Waals surface area (Å²) in [6.07, 6.45) is 6.65. The number of hydrogen-bond donors (Lipinski definition) is 1. The Balaban J connectivity index is 1.45. The van der Waals surface area contributed by atoms with Crippen molar-refractivity contribution in [3.63, 3.8) is 0 Å². The van der Waals surface area contributed by atoms with Crippen LogP contribution in [0.4, 0.5) is 20.7 Å². The first-order chi connectivity index (χ1) is 15.8. The minimum atomic E-state index is -3.61. The van der Waals surface area contributed by atoms with Gasteiger partial charge < -0.3 is 4.90 Å². The molecule has 3 aromatic rings. The number of carbonyl (C=O) groups excluding carboxylic acids is 1. The second kappa shape index (κ2) is 7.99. The molecular formula is C20H20FN7O3S2. The van der Waals surface area contributed by atoms with Gasteiger partial charge in [0.25, 0.3) is 0 Å². The van der Waals surface area contributed by atoms with Crippen LogP contribution in [0.25, 0.3) is 10.6 Å². The number of anilines is 2. The predicted molar refractivity (Wildman–Crippen MR) is 121 cm³/mol. The van der Waals surface area contributed by atoms with E-state index in [4.69, 9.17) is 0 Å². The summed E-state index contributed by atoms with van der Waals surface area (Å²) in [6, 6.07) is 2.68. The van der Waals surface area contributed by atoms with Crippen LogP contribution in [0.3, 0.4) is 0 Å². The molecule has 0 radical (unpaired) electrons. The van der Waals surface area contributed by atoms with Crippen LogP contribution in [0, 0.1) is 5.82 Å². The van der Waals surface area contributed by atoms with Crippen LogP contribution in [0.2, 0.25) is 0 Å². The van der Waals surface area contributed by atoms with E-state index in [0.29, 0.717) is 48.0 Å². The van der Waals surface area contributed by atoms with Crippen molar-refractivity contribution in [2.24, 2.45) is 0 Å². The first kappa shape index (κ1) is 21.6. The normalized spacial score (nSPS) is 17.3. The molecule has 0 unspecified atom stereocenters. The molecule has 172 valence electrons. The van der Waals surface area contributed by atoms with Gasteiger partial charge in [-0.25, -0.2) is 22.6 Å². The maximum absolute atomic E-state index is 14.9. The number of nitrogens with zero attached hydrogens (tertiary/aromatic N) is 6. The molecule has 10 nitrogen and oxygen atoms in total. The van der Waals surface area contributed by atoms with E-state index in [9.17, 15) is 17.6 Å². The van der Waals surface area contributed by atoms with Gasteiger partial charge in [-0.05, 0) is 30.5 Å². The standard InChI is InChI=1S/C20H20FN7O3S2/c1-33(30,31)28-11-20(14-8-13(15(21)9-16(14)28)18-26-24-12-32-18)2-6-27(7-3-20)19(29)25-17-10-22-4-5-23-17/h4-5,8-10,12H,2-3,6-7,11H2,1H3,(H,23,25,29). The van der Waals surface area contributed by atoms with Crippen molar-refractivity contribution in [2.45, 2.75) is 18.3 Å². The van der Waals surface area contributed by atoms with Crippen molar-refractivity contribution in [3.05, 3.63) is 47.6 Å². The Morgan fingerprint density at radius 3 is 2.67 bits per heavy atom. The Labute approximate surface area is 193 Å². The molecule has 1 fully saturated rings. The van der Waals surface area contributed by atoms with E-state index in [-0.39, 0.29) is 12.6 Å². The number of urea groups is 1. The van der Waals surface area contributed by atoms with E-state index in [1.165, 1.54) is 45.8 Å². The Kier molecular flexibility index (Phi) is 5.24. The molecule has 2 aliphatic heterocycles. The number of benzene rings is 1. The molecule has 33 heavy (non-hydrogen) atoms. The van der Waals surface area contributed by atoms with Gasteiger partial charge in [-0.2, -0.15) is 0 Å². The van der Waals surface area contributed by atoms with Gasteiger partial charge in [-0.3, -0.25) is 14.6 Å². The molecule has 13 heteroatoms. The summed E-state index contributed by atoms with van der Waals surface area (Å²) < 4.78 is 41.3. The van der Waals surface area contributed by atoms with Crippen molar-refractivity contribution in [3.8, 4) is 10.6 Å². The molecule has 0 bridgehead atoms. The highest BCUT2D eigenvalue weighted by Crippen LogP contribution is 2.49. The van der Waals surface area contributed by atoms with Crippen LogP contribution in [-0.2, 0) is 15.4 Å². The topological polar surface area (TPSA) is 121 Å². The second-order valence-corrected chi connectivity index (χ2v) is 10.9. The molecule has 1 N–H and O–H groups in total. The molecule has 1 aromatic carbocycles. The molecule has 5 rings (SSSR count). The summed E-state index contributed by atoms with van der Waals surface area (Å²) in [5.74, 6) is -0.189. The number of likely N-dealkylation sites (tertiary alicyclic amines) is 1. The zero-order valence-corrected chi connectivity index (χ0v) is 19.2. The Morgan fingerprint density at radius 2 is 2.03 bits per heavy atom. The van der Waals surface area contributed by atoms with Crippen LogP contribution in [0.5, 0.6) is 0 Å². The summed E-state index contributed by atoms with van der Waals surface area (Å²) >= 11 is 1.22. The number of fused-ring (bicyclic) bond motifs is 2. The number of rotatable bonds is 3. The maximum atomic E-state index is 14.9. The number of halogens is 1. The zero-order valence-electron chi connectivity index (χ0n) is 17.6. The minimum Gasteiger partial charge on any atom is -0.324 e. The van der Waals surface area contributed by atoms with Gasteiger partial charge in [-0.1, -0.05) is 11.3 Å². The van der Waals surface area contributed by atoms with E-state index in [1.54, 1.807) is 11.0 Å². The van der Waals surface area contributed by atoms with Gasteiger partial charge in [0.15, 0.2) is 10.8 Å². The number of carbonyl (C=O) groups is 1. The molecule has 2 aliphatic rings. The van der Waals surface area contributed by atoms with Gasteiger partial charge in [-0.15, -0.1) is 10.2 Å². The van der Waals surface area contributed by atoms with Gasteiger partial charge in [0.2, 0.25) is 10.0 Å². The predicted octanol–water partition coefficient (Wildman–Crippen LogP) is 2.48. The molecule has 2 aromatic heterocycles. The largest absolute Gasteiger partial charge is 0.324 e. The lowest BCUT2D eigenvalue weighted by Gasteiger charge is -2.39.